The Morgan fingerprint density at radius 3 is 1.25 bits per heavy atom. The second kappa shape index (κ2) is 16.0. The molecule has 2 N–H and O–H groups in total. The summed E-state index contributed by atoms with van der Waals surface area (Å²) in [5, 5.41) is 23.6. The van der Waals surface area contributed by atoms with Crippen LogP contribution in [0.4, 0.5) is 0 Å². The summed E-state index contributed by atoms with van der Waals surface area (Å²) in [6.07, 6.45) is -10.9. The maximum Gasteiger partial charge on any atom is 0.189 e. The first-order chi connectivity index (χ1) is 25.1. The first kappa shape index (κ1) is 34.5. The third-order valence-electron chi connectivity index (χ3n) is 9.60. The molecule has 0 saturated carbocycles. The van der Waals surface area contributed by atoms with E-state index in [1.165, 1.54) is 0 Å². The lowest BCUT2D eigenvalue weighted by Gasteiger charge is -2.50. The Kier molecular flexibility index (Phi) is 10.8. The first-order valence-corrected chi connectivity index (χ1v) is 17.4. The molecule has 0 aliphatic carbocycles. The van der Waals surface area contributed by atoms with Crippen molar-refractivity contribution in [2.75, 3.05) is 13.2 Å². The van der Waals surface area contributed by atoms with Crippen LogP contribution in [0.2, 0.25) is 0 Å². The molecule has 11 heteroatoms. The van der Waals surface area contributed by atoms with Crippen LogP contribution in [0.1, 0.15) is 34.8 Å². The van der Waals surface area contributed by atoms with Crippen molar-refractivity contribution >= 4 is 0 Å². The molecule has 8 rings (SSSR count). The predicted molar refractivity (Wildman–Crippen MR) is 180 cm³/mol. The number of aliphatic hydroxyl groups excluding tert-OH is 2. The fraction of sp³-hybridized carbons (Fsp3) is 0.400. The Morgan fingerprint density at radius 1 is 0.490 bits per heavy atom. The molecule has 0 spiro atoms. The fourth-order valence-electron chi connectivity index (χ4n) is 6.96. The van der Waals surface area contributed by atoms with Crippen LogP contribution < -0.4 is 0 Å². The fourth-order valence-corrected chi connectivity index (χ4v) is 6.96. The summed E-state index contributed by atoms with van der Waals surface area (Å²) < 4.78 is 56.6. The molecule has 4 aliphatic heterocycles. The summed E-state index contributed by atoms with van der Waals surface area (Å²) in [6, 6.07) is 38.5. The van der Waals surface area contributed by atoms with Gasteiger partial charge in [0.1, 0.15) is 48.8 Å². The van der Waals surface area contributed by atoms with Gasteiger partial charge >= 0.3 is 0 Å². The average molecular weight is 699 g/mol. The summed E-state index contributed by atoms with van der Waals surface area (Å²) in [5.41, 5.74) is 3.54. The van der Waals surface area contributed by atoms with E-state index in [4.69, 9.17) is 42.6 Å². The van der Waals surface area contributed by atoms with Crippen LogP contribution in [0, 0.1) is 0 Å². The average Bonchev–Trinajstić information content (AvgIpc) is 3.19. The van der Waals surface area contributed by atoms with Crippen molar-refractivity contribution in [1.82, 2.24) is 0 Å². The lowest BCUT2D eigenvalue weighted by Crippen LogP contribution is -2.66. The molecule has 4 heterocycles. The van der Waals surface area contributed by atoms with Crippen LogP contribution in [0.5, 0.6) is 0 Å². The number of hydrogen-bond acceptors (Lipinski definition) is 11. The molecule has 12 atom stereocenters. The molecule has 11 nitrogen and oxygen atoms in total. The van der Waals surface area contributed by atoms with E-state index in [0.717, 1.165) is 22.3 Å². The highest BCUT2D eigenvalue weighted by Gasteiger charge is 2.55. The molecule has 4 aliphatic rings. The highest BCUT2D eigenvalue weighted by molar-refractivity contribution is 5.19. The summed E-state index contributed by atoms with van der Waals surface area (Å²) in [4.78, 5) is 0. The van der Waals surface area contributed by atoms with Crippen molar-refractivity contribution in [3.05, 3.63) is 144 Å². The second-order valence-electron chi connectivity index (χ2n) is 13.1. The van der Waals surface area contributed by atoms with Gasteiger partial charge in [-0.3, -0.25) is 0 Å². The minimum atomic E-state index is -1.32. The van der Waals surface area contributed by atoms with E-state index >= 15 is 0 Å². The first-order valence-electron chi connectivity index (χ1n) is 17.4. The Balaban J connectivity index is 1.01. The quantitative estimate of drug-likeness (QED) is 0.242. The molecular formula is C40H42O11. The number of hydrogen-bond donors (Lipinski definition) is 2. The van der Waals surface area contributed by atoms with Gasteiger partial charge in [-0.25, -0.2) is 0 Å². The van der Waals surface area contributed by atoms with Crippen molar-refractivity contribution < 1.29 is 52.8 Å². The molecule has 4 saturated heterocycles. The van der Waals surface area contributed by atoms with E-state index < -0.39 is 74.0 Å². The Hall–Kier alpha value is -3.56. The lowest BCUT2D eigenvalue weighted by molar-refractivity contribution is -0.416. The minimum absolute atomic E-state index is 0.159. The molecule has 0 radical (unpaired) electrons. The van der Waals surface area contributed by atoms with E-state index in [0.29, 0.717) is 0 Å². The number of aliphatic hydroxyl groups is 2. The van der Waals surface area contributed by atoms with Gasteiger partial charge in [0.15, 0.2) is 25.2 Å². The summed E-state index contributed by atoms with van der Waals surface area (Å²) in [6.45, 7) is 0.758. The van der Waals surface area contributed by atoms with Gasteiger partial charge in [-0.1, -0.05) is 121 Å². The number of benzene rings is 4. The minimum Gasteiger partial charge on any atom is -0.385 e. The molecule has 0 amide bonds. The number of ether oxygens (including phenoxy) is 9. The van der Waals surface area contributed by atoms with Crippen LogP contribution in [0.3, 0.4) is 0 Å². The van der Waals surface area contributed by atoms with E-state index in [1.54, 1.807) is 0 Å². The maximum absolute atomic E-state index is 11.8. The topological polar surface area (TPSA) is 124 Å². The number of fused-ring (bicyclic) bond motifs is 2. The van der Waals surface area contributed by atoms with Gasteiger partial charge in [0, 0.05) is 11.1 Å². The van der Waals surface area contributed by atoms with E-state index in [-0.39, 0.29) is 26.4 Å². The Bertz CT molecular complexity index is 1530. The lowest BCUT2D eigenvalue weighted by atomic mass is 9.96. The monoisotopic (exact) mass is 698 g/mol. The highest BCUT2D eigenvalue weighted by Crippen LogP contribution is 2.39. The van der Waals surface area contributed by atoms with E-state index in [1.807, 2.05) is 121 Å². The van der Waals surface area contributed by atoms with Gasteiger partial charge in [-0.15, -0.1) is 0 Å². The molecule has 0 bridgehead atoms. The van der Waals surface area contributed by atoms with Gasteiger partial charge in [0.25, 0.3) is 0 Å². The predicted octanol–water partition coefficient (Wildman–Crippen LogP) is 4.57. The molecule has 4 aromatic rings. The third kappa shape index (κ3) is 7.80. The molecule has 51 heavy (non-hydrogen) atoms. The molecule has 4 fully saturated rings. The Morgan fingerprint density at radius 2 is 0.863 bits per heavy atom. The van der Waals surface area contributed by atoms with Gasteiger partial charge in [0.05, 0.1) is 26.4 Å². The molecule has 268 valence electrons. The van der Waals surface area contributed by atoms with Crippen LogP contribution in [0.25, 0.3) is 0 Å². The highest BCUT2D eigenvalue weighted by atomic mass is 16.8. The summed E-state index contributed by atoms with van der Waals surface area (Å²) in [7, 11) is 0. The number of rotatable bonds is 10. The van der Waals surface area contributed by atoms with E-state index in [9.17, 15) is 10.2 Å². The summed E-state index contributed by atoms with van der Waals surface area (Å²) in [5.74, 6) is 0. The SMILES string of the molecule is O[C@H]1[C@@H](O[C@H]2O[C@@H]3COC(c4ccccc4)O[C@H]3[C@H](OCc3ccccc3)[C@H]2O)O[C@@H]2COC(c3ccccc3)O[C@H]2[C@@H]1OCc1ccccc1. The zero-order chi connectivity index (χ0) is 34.6. The third-order valence-corrected chi connectivity index (χ3v) is 9.60. The van der Waals surface area contributed by atoms with Crippen LogP contribution in [-0.2, 0) is 55.8 Å². The Labute approximate surface area is 296 Å². The van der Waals surface area contributed by atoms with Crippen LogP contribution in [-0.4, -0.2) is 84.8 Å². The van der Waals surface area contributed by atoms with Crippen molar-refractivity contribution in [1.29, 1.82) is 0 Å². The van der Waals surface area contributed by atoms with Crippen molar-refractivity contribution in [2.45, 2.75) is 87.2 Å². The van der Waals surface area contributed by atoms with Crippen molar-refractivity contribution in [3.63, 3.8) is 0 Å². The normalized spacial score (nSPS) is 35.0. The molecule has 0 aromatic heterocycles. The van der Waals surface area contributed by atoms with Crippen LogP contribution >= 0.6 is 0 Å². The smallest absolute Gasteiger partial charge is 0.189 e. The maximum atomic E-state index is 11.8. The molecular weight excluding hydrogens is 656 g/mol. The van der Waals surface area contributed by atoms with Crippen LogP contribution in [0.15, 0.2) is 121 Å². The van der Waals surface area contributed by atoms with Gasteiger partial charge in [-0.05, 0) is 11.1 Å². The second-order valence-corrected chi connectivity index (χ2v) is 13.1. The summed E-state index contributed by atoms with van der Waals surface area (Å²) >= 11 is 0. The largest absolute Gasteiger partial charge is 0.385 e. The zero-order valence-electron chi connectivity index (χ0n) is 27.9. The zero-order valence-corrected chi connectivity index (χ0v) is 27.9. The molecule has 4 aromatic carbocycles. The van der Waals surface area contributed by atoms with Gasteiger partial charge in [-0.2, -0.15) is 0 Å². The van der Waals surface area contributed by atoms with Gasteiger partial charge < -0.3 is 52.8 Å². The molecule has 2 unspecified atom stereocenters. The van der Waals surface area contributed by atoms with Crippen molar-refractivity contribution in [2.24, 2.45) is 0 Å². The van der Waals surface area contributed by atoms with Gasteiger partial charge in [0.2, 0.25) is 0 Å². The van der Waals surface area contributed by atoms with Crippen molar-refractivity contribution in [3.8, 4) is 0 Å². The van der Waals surface area contributed by atoms with E-state index in [2.05, 4.69) is 0 Å². The standard InChI is InChI=1S/C40H42O11/c41-31-35(43-21-25-13-5-1-6-14-25)33-29(23-45-37(49-33)27-17-9-3-10-18-27)47-39(31)51-40-32(42)36(44-22-26-15-7-2-8-16-26)34-30(48-40)24-46-38(50-34)28-19-11-4-12-20-28/h1-20,29-42H,21-24H2/t29-,30-,31-,32-,33-,34-,35-,36-,37?,38?,39-,40-/m1/s1.